The van der Waals surface area contributed by atoms with Gasteiger partial charge >= 0.3 is 0 Å². The van der Waals surface area contributed by atoms with E-state index in [4.69, 9.17) is 10.5 Å². The lowest BCUT2D eigenvalue weighted by Crippen LogP contribution is -2.08. The van der Waals surface area contributed by atoms with Gasteiger partial charge in [-0.05, 0) is 31.2 Å². The highest BCUT2D eigenvalue weighted by molar-refractivity contribution is 5.47. The predicted molar refractivity (Wildman–Crippen MR) is 54.4 cm³/mol. The van der Waals surface area contributed by atoms with E-state index in [1.54, 1.807) is 12.1 Å². The molecule has 1 atom stereocenters. The average molecular weight is 185 g/mol. The molecule has 0 aliphatic heterocycles. The Hall–Kier alpha value is -2.00. The fraction of sp³-hybridized carbons (Fsp3) is 0.273. The zero-order chi connectivity index (χ0) is 10.4. The second-order valence-corrected chi connectivity index (χ2v) is 3.10. The first-order valence-corrected chi connectivity index (χ1v) is 4.40. The van der Waals surface area contributed by atoms with Gasteiger partial charge in [0.1, 0.15) is 0 Å². The summed E-state index contributed by atoms with van der Waals surface area (Å²) in [6, 6.07) is 11.4. The van der Waals surface area contributed by atoms with Crippen molar-refractivity contribution in [1.29, 1.82) is 10.5 Å². The topological polar surface area (TPSA) is 59.6 Å². The maximum absolute atomic E-state index is 8.57. The van der Waals surface area contributed by atoms with E-state index >= 15 is 0 Å². The molecule has 1 aromatic rings. The first-order chi connectivity index (χ1) is 6.76. The maximum atomic E-state index is 8.57. The standard InChI is InChI=1S/C11H11N3/c1-9(6-12)8-14-11-4-2-10(7-13)3-5-11/h2-5,9,14H,8H2,1H3. The third kappa shape index (κ3) is 2.80. The van der Waals surface area contributed by atoms with Crippen molar-refractivity contribution in [2.75, 3.05) is 11.9 Å². The summed E-state index contributed by atoms with van der Waals surface area (Å²) in [6.07, 6.45) is 0. The molecule has 0 aliphatic rings. The van der Waals surface area contributed by atoms with Gasteiger partial charge in [0.2, 0.25) is 0 Å². The Bertz CT molecular complexity index is 367. The molecule has 0 amide bonds. The normalized spacial score (nSPS) is 11.1. The van der Waals surface area contributed by atoms with E-state index < -0.39 is 0 Å². The lowest BCUT2D eigenvalue weighted by molar-refractivity contribution is 0.786. The molecule has 3 nitrogen and oxygen atoms in total. The molecule has 0 aliphatic carbocycles. The molecule has 0 saturated heterocycles. The van der Waals surface area contributed by atoms with Crippen LogP contribution in [0.15, 0.2) is 24.3 Å². The Morgan fingerprint density at radius 1 is 1.29 bits per heavy atom. The molecule has 1 unspecified atom stereocenters. The minimum Gasteiger partial charge on any atom is -0.384 e. The second kappa shape index (κ2) is 4.89. The summed E-state index contributed by atoms with van der Waals surface area (Å²) < 4.78 is 0. The van der Waals surface area contributed by atoms with Crippen LogP contribution < -0.4 is 5.32 Å². The number of nitrogens with one attached hydrogen (secondary N) is 1. The number of hydrogen-bond acceptors (Lipinski definition) is 3. The smallest absolute Gasteiger partial charge is 0.0991 e. The van der Waals surface area contributed by atoms with Gasteiger partial charge in [-0.3, -0.25) is 0 Å². The van der Waals surface area contributed by atoms with Crippen molar-refractivity contribution >= 4 is 5.69 Å². The Morgan fingerprint density at radius 3 is 2.43 bits per heavy atom. The van der Waals surface area contributed by atoms with Crippen molar-refractivity contribution < 1.29 is 0 Å². The third-order valence-corrected chi connectivity index (χ3v) is 1.85. The zero-order valence-corrected chi connectivity index (χ0v) is 7.99. The summed E-state index contributed by atoms with van der Waals surface area (Å²) in [4.78, 5) is 0. The SMILES string of the molecule is CC(C#N)CNc1ccc(C#N)cc1. The van der Waals surface area contributed by atoms with E-state index in [9.17, 15) is 0 Å². The molecular weight excluding hydrogens is 174 g/mol. The summed E-state index contributed by atoms with van der Waals surface area (Å²) in [5.41, 5.74) is 1.58. The van der Waals surface area contributed by atoms with Gasteiger partial charge in [-0.25, -0.2) is 0 Å². The molecule has 1 rings (SSSR count). The molecule has 0 fully saturated rings. The van der Waals surface area contributed by atoms with Crippen LogP contribution in [0.5, 0.6) is 0 Å². The number of anilines is 1. The van der Waals surface area contributed by atoms with Crippen molar-refractivity contribution in [1.82, 2.24) is 0 Å². The molecule has 1 N–H and O–H groups in total. The van der Waals surface area contributed by atoms with Crippen LogP contribution in [0.2, 0.25) is 0 Å². The number of benzene rings is 1. The number of hydrogen-bond donors (Lipinski definition) is 1. The van der Waals surface area contributed by atoms with E-state index in [-0.39, 0.29) is 5.92 Å². The molecule has 0 aromatic heterocycles. The zero-order valence-electron chi connectivity index (χ0n) is 7.99. The quantitative estimate of drug-likeness (QED) is 0.784. The summed E-state index contributed by atoms with van der Waals surface area (Å²) in [5.74, 6) is -0.00866. The van der Waals surface area contributed by atoms with E-state index in [2.05, 4.69) is 17.5 Å². The van der Waals surface area contributed by atoms with Gasteiger partial charge in [0.25, 0.3) is 0 Å². The molecule has 3 heteroatoms. The monoisotopic (exact) mass is 185 g/mol. The molecule has 0 saturated carbocycles. The van der Waals surface area contributed by atoms with E-state index in [0.29, 0.717) is 12.1 Å². The molecule has 14 heavy (non-hydrogen) atoms. The van der Waals surface area contributed by atoms with Crippen LogP contribution in [0, 0.1) is 28.6 Å². The number of rotatable bonds is 3. The van der Waals surface area contributed by atoms with Crippen molar-refractivity contribution in [2.45, 2.75) is 6.92 Å². The fourth-order valence-electron chi connectivity index (χ4n) is 0.979. The summed E-state index contributed by atoms with van der Waals surface area (Å²) in [5, 5.41) is 20.2. The molecule has 0 spiro atoms. The van der Waals surface area contributed by atoms with Crippen LogP contribution in [-0.4, -0.2) is 6.54 Å². The molecular formula is C11H11N3. The lowest BCUT2D eigenvalue weighted by Gasteiger charge is -2.06. The van der Waals surface area contributed by atoms with Crippen molar-refractivity contribution in [3.05, 3.63) is 29.8 Å². The highest BCUT2D eigenvalue weighted by Gasteiger charge is 1.98. The Kier molecular flexibility index (Phi) is 3.52. The van der Waals surface area contributed by atoms with Gasteiger partial charge in [-0.2, -0.15) is 10.5 Å². The summed E-state index contributed by atoms with van der Waals surface area (Å²) in [6.45, 7) is 2.49. The van der Waals surface area contributed by atoms with Crippen molar-refractivity contribution in [3.8, 4) is 12.1 Å². The van der Waals surface area contributed by atoms with Crippen LogP contribution in [0.1, 0.15) is 12.5 Å². The third-order valence-electron chi connectivity index (χ3n) is 1.85. The van der Waals surface area contributed by atoms with Crippen molar-refractivity contribution in [2.24, 2.45) is 5.92 Å². The number of nitriles is 2. The largest absolute Gasteiger partial charge is 0.384 e. The van der Waals surface area contributed by atoms with Gasteiger partial charge in [-0.1, -0.05) is 0 Å². The fourth-order valence-corrected chi connectivity index (χ4v) is 0.979. The van der Waals surface area contributed by atoms with E-state index in [0.717, 1.165) is 5.69 Å². The molecule has 0 bridgehead atoms. The summed E-state index contributed by atoms with van der Waals surface area (Å²) >= 11 is 0. The highest BCUT2D eigenvalue weighted by Crippen LogP contribution is 2.09. The van der Waals surface area contributed by atoms with Gasteiger partial charge < -0.3 is 5.32 Å². The Morgan fingerprint density at radius 2 is 1.93 bits per heavy atom. The van der Waals surface area contributed by atoms with Crippen LogP contribution in [-0.2, 0) is 0 Å². The highest BCUT2D eigenvalue weighted by atomic mass is 14.9. The second-order valence-electron chi connectivity index (χ2n) is 3.10. The predicted octanol–water partition coefficient (Wildman–Crippen LogP) is 2.13. The minimum absolute atomic E-state index is 0.00866. The van der Waals surface area contributed by atoms with Gasteiger partial charge in [0, 0.05) is 12.2 Å². The Labute approximate surface area is 83.6 Å². The van der Waals surface area contributed by atoms with Crippen LogP contribution >= 0.6 is 0 Å². The summed E-state index contributed by atoms with van der Waals surface area (Å²) in [7, 11) is 0. The van der Waals surface area contributed by atoms with Gasteiger partial charge in [0.05, 0.1) is 23.6 Å². The average Bonchev–Trinajstić information content (AvgIpc) is 2.26. The van der Waals surface area contributed by atoms with E-state index in [1.165, 1.54) is 0 Å². The van der Waals surface area contributed by atoms with Gasteiger partial charge in [0.15, 0.2) is 0 Å². The van der Waals surface area contributed by atoms with Gasteiger partial charge in [-0.15, -0.1) is 0 Å². The van der Waals surface area contributed by atoms with Crippen LogP contribution in [0.4, 0.5) is 5.69 Å². The first-order valence-electron chi connectivity index (χ1n) is 4.40. The minimum atomic E-state index is -0.00866. The maximum Gasteiger partial charge on any atom is 0.0991 e. The number of nitrogens with zero attached hydrogens (tertiary/aromatic N) is 2. The lowest BCUT2D eigenvalue weighted by atomic mass is 10.2. The molecule has 0 radical (unpaired) electrons. The Balaban J connectivity index is 2.54. The van der Waals surface area contributed by atoms with Crippen LogP contribution in [0.3, 0.4) is 0 Å². The first kappa shape index (κ1) is 10.1. The van der Waals surface area contributed by atoms with Crippen molar-refractivity contribution in [3.63, 3.8) is 0 Å². The molecule has 1 aromatic carbocycles. The van der Waals surface area contributed by atoms with E-state index in [1.807, 2.05) is 19.1 Å². The molecule has 0 heterocycles. The molecule has 70 valence electrons. The van der Waals surface area contributed by atoms with Crippen LogP contribution in [0.25, 0.3) is 0 Å².